The van der Waals surface area contributed by atoms with Crippen molar-refractivity contribution in [3.63, 3.8) is 0 Å². The molecule has 1 aromatic carbocycles. The van der Waals surface area contributed by atoms with E-state index < -0.39 is 37.0 Å². The van der Waals surface area contributed by atoms with Crippen LogP contribution < -0.4 is 5.46 Å². The van der Waals surface area contributed by atoms with Crippen molar-refractivity contribution in [3.8, 4) is 0 Å². The predicted octanol–water partition coefficient (Wildman–Crippen LogP) is 2.88. The second kappa shape index (κ2) is 5.42. The van der Waals surface area contributed by atoms with Crippen LogP contribution in [0.4, 0.5) is 0 Å². The van der Waals surface area contributed by atoms with Crippen LogP contribution in [0.3, 0.4) is 0 Å². The minimum Gasteiger partial charge on any atom is -0.399 e. The van der Waals surface area contributed by atoms with Gasteiger partial charge < -0.3 is 14.0 Å². The fourth-order valence-electron chi connectivity index (χ4n) is 2.38. The highest BCUT2D eigenvalue weighted by Gasteiger charge is 2.51. The zero-order chi connectivity index (χ0) is 19.6. The molecule has 0 bridgehead atoms. The first-order valence-electron chi connectivity index (χ1n) is 9.77. The lowest BCUT2D eigenvalue weighted by Crippen LogP contribution is -2.41. The zero-order valence-electron chi connectivity index (χ0n) is 18.0. The Balaban J connectivity index is 2.02. The summed E-state index contributed by atoms with van der Waals surface area (Å²) in [7, 11) is -0.653. The van der Waals surface area contributed by atoms with E-state index in [1.165, 1.54) is 0 Å². The molecule has 0 radical (unpaired) electrons. The van der Waals surface area contributed by atoms with Crippen LogP contribution in [0, 0.1) is 0 Å². The molecule has 2 aliphatic heterocycles. The van der Waals surface area contributed by atoms with E-state index in [-0.39, 0.29) is 18.8 Å². The summed E-state index contributed by atoms with van der Waals surface area (Å²) < 4.78 is 58.9. The number of benzene rings is 1. The Morgan fingerprint density at radius 3 is 2.38 bits per heavy atom. The van der Waals surface area contributed by atoms with Gasteiger partial charge in [-0.25, -0.2) is 0 Å². The molecule has 0 aliphatic carbocycles. The highest BCUT2D eigenvalue weighted by molar-refractivity contribution is 6.62. The number of ether oxygens (including phenoxy) is 1. The molecule has 3 rings (SSSR count). The summed E-state index contributed by atoms with van der Waals surface area (Å²) in [5, 5.41) is 0. The molecule has 2 saturated heterocycles. The van der Waals surface area contributed by atoms with Gasteiger partial charge in [0.1, 0.15) is 0 Å². The van der Waals surface area contributed by atoms with Crippen molar-refractivity contribution in [1.29, 1.82) is 0 Å². The normalized spacial score (nSPS) is 35.0. The first-order chi connectivity index (χ1) is 11.7. The van der Waals surface area contributed by atoms with Gasteiger partial charge in [-0.2, -0.15) is 0 Å². The first-order valence-corrected chi connectivity index (χ1v) is 7.27. The van der Waals surface area contributed by atoms with Gasteiger partial charge in [-0.05, 0) is 57.4 Å². The van der Waals surface area contributed by atoms with E-state index in [1.807, 2.05) is 27.7 Å². The van der Waals surface area contributed by atoms with Gasteiger partial charge in [0, 0.05) is 20.1 Å². The van der Waals surface area contributed by atoms with Gasteiger partial charge in [-0.1, -0.05) is 24.3 Å². The highest BCUT2D eigenvalue weighted by atomic mass is 16.7. The van der Waals surface area contributed by atoms with Crippen LogP contribution in [-0.2, 0) is 14.0 Å². The van der Waals surface area contributed by atoms with Crippen LogP contribution in [0.2, 0.25) is 0 Å². The maximum Gasteiger partial charge on any atom is 0.494 e. The van der Waals surface area contributed by atoms with Crippen LogP contribution in [0.5, 0.6) is 0 Å². The first kappa shape index (κ1) is 10.0. The molecule has 0 N–H and O–H groups in total. The SMILES string of the molecule is [2H]C1([2H])COCC([2H])([2H])C1([2H])c1cccc(B2OC(C)(C)C(C)(C)O2)c1. The van der Waals surface area contributed by atoms with E-state index in [1.54, 1.807) is 24.3 Å². The van der Waals surface area contributed by atoms with E-state index in [4.69, 9.17) is 20.9 Å². The molecule has 21 heavy (non-hydrogen) atoms. The van der Waals surface area contributed by atoms with Crippen LogP contribution in [0.15, 0.2) is 24.3 Å². The summed E-state index contributed by atoms with van der Waals surface area (Å²) in [6.07, 6.45) is -4.35. The van der Waals surface area contributed by atoms with Crippen molar-refractivity contribution in [2.75, 3.05) is 13.2 Å². The van der Waals surface area contributed by atoms with Crippen LogP contribution in [0.25, 0.3) is 0 Å². The van der Waals surface area contributed by atoms with Crippen LogP contribution >= 0.6 is 0 Å². The highest BCUT2D eigenvalue weighted by Crippen LogP contribution is 2.36. The van der Waals surface area contributed by atoms with E-state index in [0.717, 1.165) is 0 Å². The third-order valence-corrected chi connectivity index (χ3v) is 4.40. The van der Waals surface area contributed by atoms with Crippen LogP contribution in [-0.4, -0.2) is 31.5 Å². The second-order valence-corrected chi connectivity index (χ2v) is 6.44. The molecule has 0 amide bonds. The Hall–Kier alpha value is -0.835. The molecule has 0 aromatic heterocycles. The summed E-state index contributed by atoms with van der Waals surface area (Å²) in [6, 6.07) is 6.69. The Morgan fingerprint density at radius 1 is 1.14 bits per heavy atom. The number of hydrogen-bond donors (Lipinski definition) is 0. The largest absolute Gasteiger partial charge is 0.494 e. The Bertz CT molecular complexity index is 675. The quantitative estimate of drug-likeness (QED) is 0.785. The maximum atomic E-state index is 8.78. The summed E-state index contributed by atoms with van der Waals surface area (Å²) in [4.78, 5) is 0. The van der Waals surface area contributed by atoms with Gasteiger partial charge in [0.15, 0.2) is 0 Å². The fourth-order valence-corrected chi connectivity index (χ4v) is 2.38. The number of rotatable bonds is 2. The molecule has 1 aromatic rings. The number of hydrogen-bond acceptors (Lipinski definition) is 3. The lowest BCUT2D eigenvalue weighted by atomic mass is 9.77. The van der Waals surface area contributed by atoms with Crippen molar-refractivity contribution < 1.29 is 20.9 Å². The lowest BCUT2D eigenvalue weighted by molar-refractivity contribution is 0.00578. The molecule has 0 unspecified atom stereocenters. The van der Waals surface area contributed by atoms with Gasteiger partial charge in [-0.3, -0.25) is 0 Å². The van der Waals surface area contributed by atoms with Crippen molar-refractivity contribution in [2.24, 2.45) is 0 Å². The molecule has 0 saturated carbocycles. The molecular weight excluding hydrogens is 263 g/mol. The topological polar surface area (TPSA) is 27.7 Å². The molecule has 3 nitrogen and oxygen atoms in total. The van der Waals surface area contributed by atoms with Gasteiger partial charge in [0.05, 0.1) is 11.2 Å². The maximum absolute atomic E-state index is 8.78. The van der Waals surface area contributed by atoms with Crippen molar-refractivity contribution >= 4 is 12.6 Å². The van der Waals surface area contributed by atoms with E-state index in [0.29, 0.717) is 5.46 Å². The Morgan fingerprint density at radius 2 is 1.76 bits per heavy atom. The predicted molar refractivity (Wildman–Crippen MR) is 85.0 cm³/mol. The van der Waals surface area contributed by atoms with Crippen molar-refractivity contribution in [2.45, 2.75) is 57.5 Å². The molecule has 0 atom stereocenters. The summed E-state index contributed by atoms with van der Waals surface area (Å²) >= 11 is 0. The van der Waals surface area contributed by atoms with E-state index >= 15 is 0 Å². The molecule has 2 heterocycles. The second-order valence-electron chi connectivity index (χ2n) is 6.44. The summed E-state index contributed by atoms with van der Waals surface area (Å²) in [5.41, 5.74) is -0.142. The van der Waals surface area contributed by atoms with Gasteiger partial charge in [0.25, 0.3) is 0 Å². The average molecular weight is 293 g/mol. The Kier molecular flexibility index (Phi) is 2.59. The molecule has 114 valence electrons. The standard InChI is InChI=1S/C17H25BO3/c1-16(2)17(3,4)21-18(20-16)15-7-5-6-14(12-15)13-8-10-19-11-9-13/h5-7,12-13H,8-11H2,1-4H3/i8D2,9D2,13D. The third kappa shape index (κ3) is 2.89. The molecule has 2 fully saturated rings. The molecular formula is C17H25BO3. The Labute approximate surface area is 135 Å². The minimum atomic E-state index is -2.18. The third-order valence-electron chi connectivity index (χ3n) is 4.40. The fraction of sp³-hybridized carbons (Fsp3) is 0.647. The van der Waals surface area contributed by atoms with Gasteiger partial charge >= 0.3 is 7.12 Å². The molecule has 2 aliphatic rings. The molecule has 4 heteroatoms. The summed E-state index contributed by atoms with van der Waals surface area (Å²) in [6.45, 7) is 7.13. The van der Waals surface area contributed by atoms with Crippen molar-refractivity contribution in [1.82, 2.24) is 0 Å². The van der Waals surface area contributed by atoms with Gasteiger partial charge in [-0.15, -0.1) is 0 Å². The van der Waals surface area contributed by atoms with Gasteiger partial charge in [0.2, 0.25) is 0 Å². The van der Waals surface area contributed by atoms with E-state index in [2.05, 4.69) is 0 Å². The minimum absolute atomic E-state index is 0.253. The lowest BCUT2D eigenvalue weighted by Gasteiger charge is -2.32. The smallest absolute Gasteiger partial charge is 0.399 e. The summed E-state index contributed by atoms with van der Waals surface area (Å²) in [5.74, 6) is -2.10. The zero-order valence-corrected chi connectivity index (χ0v) is 13.0. The molecule has 0 spiro atoms. The van der Waals surface area contributed by atoms with Crippen molar-refractivity contribution in [3.05, 3.63) is 29.8 Å². The van der Waals surface area contributed by atoms with Crippen LogP contribution in [0.1, 0.15) is 58.8 Å². The van der Waals surface area contributed by atoms with E-state index in [9.17, 15) is 0 Å². The monoisotopic (exact) mass is 293 g/mol. The average Bonchev–Trinajstić information content (AvgIpc) is 2.73.